The maximum absolute atomic E-state index is 13.0. The van der Waals surface area contributed by atoms with Gasteiger partial charge in [-0.1, -0.05) is 67.4 Å². The number of β-amino-alcohol motifs (C(OH)–C–C–N with tert-alkyl or cyclic N) is 1. The van der Waals surface area contributed by atoms with Crippen LogP contribution in [0.15, 0.2) is 42.5 Å². The first-order valence-electron chi connectivity index (χ1n) is 9.63. The predicted molar refractivity (Wildman–Crippen MR) is 116 cm³/mol. The monoisotopic (exact) mass is 450 g/mol. The van der Waals surface area contributed by atoms with E-state index >= 15 is 0 Å². The molecule has 1 fully saturated rings. The Labute approximate surface area is 185 Å². The molecule has 0 bridgehead atoms. The van der Waals surface area contributed by atoms with Gasteiger partial charge in [0.1, 0.15) is 18.2 Å². The molecule has 0 aliphatic carbocycles. The van der Waals surface area contributed by atoms with Gasteiger partial charge in [-0.25, -0.2) is 4.79 Å². The maximum Gasteiger partial charge on any atom is 0.325 e. The van der Waals surface area contributed by atoms with E-state index in [9.17, 15) is 14.7 Å². The molecule has 1 heterocycles. The Bertz CT molecular complexity index is 928. The summed E-state index contributed by atoms with van der Waals surface area (Å²) in [6, 6.07) is 11.9. The van der Waals surface area contributed by atoms with Crippen molar-refractivity contribution in [1.29, 1.82) is 0 Å². The third-order valence-electron chi connectivity index (χ3n) is 5.16. The summed E-state index contributed by atoms with van der Waals surface area (Å²) in [5.74, 6) is 0.172. The van der Waals surface area contributed by atoms with Gasteiger partial charge in [0.25, 0.3) is 5.91 Å². The molecule has 2 unspecified atom stereocenters. The predicted octanol–water partition coefficient (Wildman–Crippen LogP) is 4.32. The molecule has 2 N–H and O–H groups in total. The number of urea groups is 1. The standard InChI is InChI=1S/C22H24Cl2N2O4/c1-13(2)14-7-9-15(10-8-14)22(3)20(28)26(21(29)25-22)11-16(27)12-30-19-17(23)5-4-6-18(19)24/h4-10,13,16,27H,11-12H2,1-3H3,(H,25,29). The molecule has 2 aromatic carbocycles. The number of ether oxygens (including phenoxy) is 1. The molecule has 3 rings (SSSR count). The van der Waals surface area contributed by atoms with Gasteiger partial charge < -0.3 is 15.2 Å². The molecular formula is C22H24Cl2N2O4. The molecule has 8 heteroatoms. The number of halogens is 2. The summed E-state index contributed by atoms with van der Waals surface area (Å²) in [6.07, 6.45) is -1.11. The number of nitrogens with one attached hydrogen (secondary N) is 1. The summed E-state index contributed by atoms with van der Waals surface area (Å²) in [5.41, 5.74) is 0.627. The number of para-hydroxylation sites is 1. The van der Waals surface area contributed by atoms with Gasteiger partial charge >= 0.3 is 6.03 Å². The smallest absolute Gasteiger partial charge is 0.325 e. The molecule has 0 aromatic heterocycles. The second-order valence-corrected chi connectivity index (χ2v) is 8.58. The van der Waals surface area contributed by atoms with Crippen molar-refractivity contribution in [3.05, 3.63) is 63.6 Å². The van der Waals surface area contributed by atoms with Crippen molar-refractivity contribution < 1.29 is 19.4 Å². The number of carbonyl (C=O) groups excluding carboxylic acids is 2. The highest BCUT2D eigenvalue weighted by Gasteiger charge is 2.49. The zero-order chi connectivity index (χ0) is 22.1. The molecule has 160 valence electrons. The molecule has 3 amide bonds. The first-order chi connectivity index (χ1) is 14.1. The van der Waals surface area contributed by atoms with E-state index in [-0.39, 0.29) is 18.9 Å². The summed E-state index contributed by atoms with van der Waals surface area (Å²) in [6.45, 7) is 5.43. The SMILES string of the molecule is CC(C)c1ccc(C2(C)NC(=O)N(CC(O)COc3c(Cl)cccc3Cl)C2=O)cc1. The minimum atomic E-state index is -1.20. The number of rotatable bonds is 7. The second kappa shape index (κ2) is 8.84. The zero-order valence-corrected chi connectivity index (χ0v) is 18.5. The van der Waals surface area contributed by atoms with Crippen LogP contribution in [-0.4, -0.2) is 41.2 Å². The number of amides is 3. The molecule has 2 atom stereocenters. The number of carbonyl (C=O) groups is 2. The lowest BCUT2D eigenvalue weighted by atomic mass is 9.90. The number of aliphatic hydroxyl groups excluding tert-OH is 1. The van der Waals surface area contributed by atoms with Crippen molar-refractivity contribution in [2.75, 3.05) is 13.2 Å². The van der Waals surface area contributed by atoms with Crippen LogP contribution in [0.4, 0.5) is 4.79 Å². The fraction of sp³-hybridized carbons (Fsp3) is 0.364. The summed E-state index contributed by atoms with van der Waals surface area (Å²) >= 11 is 12.1. The zero-order valence-electron chi connectivity index (χ0n) is 17.0. The molecule has 2 aromatic rings. The Morgan fingerprint density at radius 1 is 1.10 bits per heavy atom. The van der Waals surface area contributed by atoms with Crippen LogP contribution in [0.1, 0.15) is 37.8 Å². The fourth-order valence-corrected chi connectivity index (χ4v) is 3.83. The van der Waals surface area contributed by atoms with Crippen molar-refractivity contribution in [1.82, 2.24) is 10.2 Å². The van der Waals surface area contributed by atoms with Gasteiger partial charge in [0, 0.05) is 0 Å². The number of nitrogens with zero attached hydrogens (tertiary/aromatic N) is 1. The lowest BCUT2D eigenvalue weighted by Gasteiger charge is -2.23. The van der Waals surface area contributed by atoms with E-state index < -0.39 is 23.6 Å². The van der Waals surface area contributed by atoms with E-state index in [4.69, 9.17) is 27.9 Å². The second-order valence-electron chi connectivity index (χ2n) is 7.76. The van der Waals surface area contributed by atoms with Crippen molar-refractivity contribution >= 4 is 35.1 Å². The molecule has 6 nitrogen and oxygen atoms in total. The number of aliphatic hydroxyl groups is 1. The average Bonchev–Trinajstić information content (AvgIpc) is 2.91. The molecular weight excluding hydrogens is 427 g/mol. The van der Waals surface area contributed by atoms with Crippen molar-refractivity contribution in [2.45, 2.75) is 38.3 Å². The van der Waals surface area contributed by atoms with E-state index in [0.29, 0.717) is 21.5 Å². The largest absolute Gasteiger partial charge is 0.488 e. The third kappa shape index (κ3) is 4.41. The highest BCUT2D eigenvalue weighted by molar-refractivity contribution is 6.37. The van der Waals surface area contributed by atoms with Crippen LogP contribution >= 0.6 is 23.2 Å². The Morgan fingerprint density at radius 3 is 2.27 bits per heavy atom. The van der Waals surface area contributed by atoms with Gasteiger partial charge in [-0.05, 0) is 36.1 Å². The van der Waals surface area contributed by atoms with E-state index in [1.807, 2.05) is 24.3 Å². The first-order valence-corrected chi connectivity index (χ1v) is 10.4. The quantitative estimate of drug-likeness (QED) is 0.615. The minimum Gasteiger partial charge on any atom is -0.488 e. The number of imide groups is 1. The van der Waals surface area contributed by atoms with Crippen LogP contribution in [0.2, 0.25) is 10.0 Å². The molecule has 0 spiro atoms. The van der Waals surface area contributed by atoms with Crippen LogP contribution in [0.5, 0.6) is 5.75 Å². The Balaban J connectivity index is 1.68. The summed E-state index contributed by atoms with van der Waals surface area (Å²) < 4.78 is 5.50. The van der Waals surface area contributed by atoms with Crippen molar-refractivity contribution in [2.24, 2.45) is 0 Å². The molecule has 1 saturated heterocycles. The minimum absolute atomic E-state index is 0.180. The van der Waals surface area contributed by atoms with E-state index in [1.54, 1.807) is 25.1 Å². The Hall–Kier alpha value is -2.28. The highest BCUT2D eigenvalue weighted by Crippen LogP contribution is 2.33. The van der Waals surface area contributed by atoms with Crippen LogP contribution in [0, 0.1) is 0 Å². The molecule has 1 aliphatic heterocycles. The lowest BCUT2D eigenvalue weighted by Crippen LogP contribution is -2.42. The molecule has 0 saturated carbocycles. The van der Waals surface area contributed by atoms with Gasteiger partial charge in [-0.2, -0.15) is 0 Å². The van der Waals surface area contributed by atoms with Crippen LogP contribution < -0.4 is 10.1 Å². The average molecular weight is 451 g/mol. The Kier molecular flexibility index (Phi) is 6.60. The molecule has 0 radical (unpaired) electrons. The fourth-order valence-electron chi connectivity index (χ4n) is 3.32. The topological polar surface area (TPSA) is 78.9 Å². The van der Waals surface area contributed by atoms with E-state index in [0.717, 1.165) is 10.5 Å². The van der Waals surface area contributed by atoms with Gasteiger partial charge in [0.05, 0.1) is 16.6 Å². The van der Waals surface area contributed by atoms with Crippen molar-refractivity contribution in [3.8, 4) is 5.75 Å². The maximum atomic E-state index is 13.0. The van der Waals surface area contributed by atoms with Gasteiger partial charge in [0.15, 0.2) is 5.75 Å². The normalized spacial score (nSPS) is 19.9. The first kappa shape index (κ1) is 22.4. The molecule has 1 aliphatic rings. The van der Waals surface area contributed by atoms with Crippen LogP contribution in [-0.2, 0) is 10.3 Å². The van der Waals surface area contributed by atoms with E-state index in [1.165, 1.54) is 0 Å². The van der Waals surface area contributed by atoms with E-state index in [2.05, 4.69) is 19.2 Å². The third-order valence-corrected chi connectivity index (χ3v) is 5.76. The summed E-state index contributed by atoms with van der Waals surface area (Å²) in [5, 5.41) is 13.7. The number of benzene rings is 2. The van der Waals surface area contributed by atoms with Gasteiger partial charge in [0.2, 0.25) is 0 Å². The van der Waals surface area contributed by atoms with Crippen LogP contribution in [0.3, 0.4) is 0 Å². The summed E-state index contributed by atoms with van der Waals surface area (Å²) in [7, 11) is 0. The summed E-state index contributed by atoms with van der Waals surface area (Å²) in [4.78, 5) is 26.5. The number of hydrogen-bond donors (Lipinski definition) is 2. The highest BCUT2D eigenvalue weighted by atomic mass is 35.5. The van der Waals surface area contributed by atoms with Crippen molar-refractivity contribution in [3.63, 3.8) is 0 Å². The van der Waals surface area contributed by atoms with Gasteiger partial charge in [-0.15, -0.1) is 0 Å². The van der Waals surface area contributed by atoms with Crippen LogP contribution in [0.25, 0.3) is 0 Å². The molecule has 30 heavy (non-hydrogen) atoms. The number of hydrogen-bond acceptors (Lipinski definition) is 4. The lowest BCUT2D eigenvalue weighted by molar-refractivity contribution is -0.132. The Morgan fingerprint density at radius 2 is 1.70 bits per heavy atom. The van der Waals surface area contributed by atoms with Gasteiger partial charge in [-0.3, -0.25) is 9.69 Å².